The second kappa shape index (κ2) is 7.67. The predicted octanol–water partition coefficient (Wildman–Crippen LogP) is 5.88. The van der Waals surface area contributed by atoms with Crippen LogP contribution >= 0.6 is 0 Å². The molecule has 1 aliphatic heterocycles. The molecule has 1 aliphatic carbocycles. The zero-order valence-corrected chi connectivity index (χ0v) is 17.7. The van der Waals surface area contributed by atoms with Gasteiger partial charge in [0.1, 0.15) is 23.7 Å². The highest BCUT2D eigenvalue weighted by molar-refractivity contribution is 5.50. The van der Waals surface area contributed by atoms with E-state index in [4.69, 9.17) is 0 Å². The zero-order chi connectivity index (χ0) is 24.4. The Morgan fingerprint density at radius 1 is 0.971 bits per heavy atom. The van der Waals surface area contributed by atoms with Gasteiger partial charge >= 0.3 is 12.4 Å². The summed E-state index contributed by atoms with van der Waals surface area (Å²) in [5, 5.41) is 8.10. The van der Waals surface area contributed by atoms with Crippen LogP contribution in [0.2, 0.25) is 0 Å². The van der Waals surface area contributed by atoms with Gasteiger partial charge in [0.05, 0.1) is 11.6 Å². The minimum atomic E-state index is -5.05. The lowest BCUT2D eigenvalue weighted by Gasteiger charge is -2.36. The van der Waals surface area contributed by atoms with Crippen molar-refractivity contribution in [2.75, 3.05) is 4.90 Å². The standard InChI is InChI=1S/C22H18F7N5/c1-11-6-14(4-5-16(11)23)33-10-30-32-20(33)19-12-2-3-15(7-12)34(19)18-9-13(21(24,25)26)8-17(31-18)22(27,28)29/h4-6,8-10,12,15,19H,2-3,7H2,1H3/t12-,15+,19-/m0/s1. The summed E-state index contributed by atoms with van der Waals surface area (Å²) in [4.78, 5) is 5.11. The lowest BCUT2D eigenvalue weighted by molar-refractivity contribution is -0.145. The summed E-state index contributed by atoms with van der Waals surface area (Å²) in [7, 11) is 0. The molecule has 5 nitrogen and oxygen atoms in total. The molecule has 0 N–H and O–H groups in total. The number of anilines is 1. The van der Waals surface area contributed by atoms with Crippen LogP contribution in [0.3, 0.4) is 0 Å². The lowest BCUT2D eigenvalue weighted by atomic mass is 9.97. The molecule has 180 valence electrons. The number of pyridine rings is 1. The molecule has 3 aromatic rings. The smallest absolute Gasteiger partial charge is 0.343 e. The van der Waals surface area contributed by atoms with Gasteiger partial charge in [-0.2, -0.15) is 26.3 Å². The van der Waals surface area contributed by atoms with E-state index in [0.717, 1.165) is 6.42 Å². The number of halogens is 7. The van der Waals surface area contributed by atoms with Gasteiger partial charge in [-0.05, 0) is 68.0 Å². The number of piperidine rings is 1. The van der Waals surface area contributed by atoms with E-state index in [1.54, 1.807) is 17.6 Å². The van der Waals surface area contributed by atoms with Gasteiger partial charge in [-0.25, -0.2) is 9.37 Å². The van der Waals surface area contributed by atoms with Crippen molar-refractivity contribution < 1.29 is 30.7 Å². The van der Waals surface area contributed by atoms with Crippen LogP contribution in [0.1, 0.15) is 47.9 Å². The number of aromatic nitrogens is 4. The van der Waals surface area contributed by atoms with E-state index in [1.807, 2.05) is 0 Å². The van der Waals surface area contributed by atoms with Gasteiger partial charge in [-0.1, -0.05) is 0 Å². The average molecular weight is 485 g/mol. The first kappa shape index (κ1) is 22.6. The van der Waals surface area contributed by atoms with Crippen molar-refractivity contribution >= 4 is 5.82 Å². The van der Waals surface area contributed by atoms with Crippen LogP contribution in [-0.2, 0) is 12.4 Å². The number of rotatable bonds is 3. The quantitative estimate of drug-likeness (QED) is 0.435. The van der Waals surface area contributed by atoms with Gasteiger partial charge < -0.3 is 4.90 Å². The van der Waals surface area contributed by atoms with Gasteiger partial charge in [0.15, 0.2) is 5.82 Å². The topological polar surface area (TPSA) is 46.8 Å². The number of hydrogen-bond donors (Lipinski definition) is 0. The van der Waals surface area contributed by atoms with Gasteiger partial charge in [-0.15, -0.1) is 10.2 Å². The molecular formula is C22H18F7N5. The van der Waals surface area contributed by atoms with Crippen molar-refractivity contribution in [2.24, 2.45) is 5.92 Å². The van der Waals surface area contributed by atoms with Gasteiger partial charge in [0.2, 0.25) is 0 Å². The number of hydrogen-bond acceptors (Lipinski definition) is 4. The Kier molecular flexibility index (Phi) is 5.10. The van der Waals surface area contributed by atoms with Crippen LogP contribution < -0.4 is 4.90 Å². The summed E-state index contributed by atoms with van der Waals surface area (Å²) in [6.45, 7) is 1.58. The summed E-state index contributed by atoms with van der Waals surface area (Å²) in [5.41, 5.74) is -2.11. The summed E-state index contributed by atoms with van der Waals surface area (Å²) in [6.07, 6.45) is -6.68. The van der Waals surface area contributed by atoms with E-state index in [0.29, 0.717) is 36.0 Å². The predicted molar refractivity (Wildman–Crippen MR) is 107 cm³/mol. The van der Waals surface area contributed by atoms with Gasteiger partial charge in [-0.3, -0.25) is 4.57 Å². The monoisotopic (exact) mass is 485 g/mol. The minimum Gasteiger partial charge on any atom is -0.343 e. The van der Waals surface area contributed by atoms with Gasteiger partial charge in [0.25, 0.3) is 0 Å². The highest BCUT2D eigenvalue weighted by Crippen LogP contribution is 2.52. The highest BCUT2D eigenvalue weighted by Gasteiger charge is 2.50. The molecule has 5 rings (SSSR count). The van der Waals surface area contributed by atoms with Crippen LogP contribution in [0.5, 0.6) is 0 Å². The fraction of sp³-hybridized carbons (Fsp3) is 0.409. The first-order valence-electron chi connectivity index (χ1n) is 10.5. The Labute approximate surface area is 189 Å². The second-order valence-corrected chi connectivity index (χ2v) is 8.67. The third kappa shape index (κ3) is 3.78. The normalized spacial score (nSPS) is 22.6. The van der Waals surface area contributed by atoms with E-state index in [9.17, 15) is 30.7 Å². The van der Waals surface area contributed by atoms with Crippen molar-refractivity contribution in [3.05, 3.63) is 65.1 Å². The van der Waals surface area contributed by atoms with E-state index in [1.165, 1.54) is 23.4 Å². The maximum atomic E-state index is 13.8. The molecule has 3 heterocycles. The summed E-state index contributed by atoms with van der Waals surface area (Å²) in [6, 6.07) is 4.12. The van der Waals surface area contributed by atoms with Gasteiger partial charge in [0, 0.05) is 11.7 Å². The molecule has 2 bridgehead atoms. The maximum absolute atomic E-state index is 13.8. The first-order valence-corrected chi connectivity index (χ1v) is 10.5. The molecule has 0 radical (unpaired) electrons. The molecule has 3 atom stereocenters. The SMILES string of the molecule is Cc1cc(-n2cnnc2[C@@H]2[C@H]3CC[C@H](C3)N2c2cc(C(F)(F)F)cc(C(F)(F)F)n2)ccc1F. The molecule has 0 spiro atoms. The molecule has 2 aromatic heterocycles. The Morgan fingerprint density at radius 3 is 2.41 bits per heavy atom. The Morgan fingerprint density at radius 2 is 1.74 bits per heavy atom. The zero-order valence-electron chi connectivity index (χ0n) is 17.7. The molecule has 1 aromatic carbocycles. The van der Waals surface area contributed by atoms with Crippen molar-refractivity contribution in [3.63, 3.8) is 0 Å². The fourth-order valence-corrected chi connectivity index (χ4v) is 5.03. The molecule has 0 unspecified atom stereocenters. The summed E-state index contributed by atoms with van der Waals surface area (Å²) in [5.74, 6) is -0.511. The number of alkyl halides is 6. The maximum Gasteiger partial charge on any atom is 0.433 e. The Hall–Kier alpha value is -3.18. The highest BCUT2D eigenvalue weighted by atomic mass is 19.4. The molecule has 34 heavy (non-hydrogen) atoms. The molecule has 2 aliphatic rings. The third-order valence-corrected chi connectivity index (χ3v) is 6.54. The molecule has 1 saturated heterocycles. The average Bonchev–Trinajstić information content (AvgIpc) is 3.49. The third-order valence-electron chi connectivity index (χ3n) is 6.54. The second-order valence-electron chi connectivity index (χ2n) is 8.67. The van der Waals surface area contributed by atoms with E-state index >= 15 is 0 Å². The molecule has 0 amide bonds. The van der Waals surface area contributed by atoms with E-state index in [2.05, 4.69) is 15.2 Å². The number of aryl methyl sites for hydroxylation is 1. The minimum absolute atomic E-state index is 0.0244. The van der Waals surface area contributed by atoms with E-state index < -0.39 is 41.3 Å². The largest absolute Gasteiger partial charge is 0.433 e. The van der Waals surface area contributed by atoms with Crippen LogP contribution in [0, 0.1) is 18.7 Å². The lowest BCUT2D eigenvalue weighted by Crippen LogP contribution is -2.37. The number of fused-ring (bicyclic) bond motifs is 2. The van der Waals surface area contributed by atoms with Crippen molar-refractivity contribution in [1.29, 1.82) is 0 Å². The van der Waals surface area contributed by atoms with Crippen LogP contribution in [0.25, 0.3) is 5.69 Å². The molecule has 1 saturated carbocycles. The van der Waals surface area contributed by atoms with Crippen molar-refractivity contribution in [1.82, 2.24) is 19.7 Å². The van der Waals surface area contributed by atoms with Crippen LogP contribution in [0.4, 0.5) is 36.6 Å². The van der Waals surface area contributed by atoms with E-state index in [-0.39, 0.29) is 18.0 Å². The molecule has 2 fully saturated rings. The Balaban J connectivity index is 1.63. The van der Waals surface area contributed by atoms with Crippen molar-refractivity contribution in [3.8, 4) is 5.69 Å². The van der Waals surface area contributed by atoms with Crippen LogP contribution in [0.15, 0.2) is 36.7 Å². The fourth-order valence-electron chi connectivity index (χ4n) is 5.03. The number of benzene rings is 1. The molecule has 12 heteroatoms. The van der Waals surface area contributed by atoms with Crippen LogP contribution in [-0.4, -0.2) is 25.8 Å². The summed E-state index contributed by atoms with van der Waals surface area (Å²) < 4.78 is 96.1. The number of nitrogens with zero attached hydrogens (tertiary/aromatic N) is 5. The summed E-state index contributed by atoms with van der Waals surface area (Å²) >= 11 is 0. The van der Waals surface area contributed by atoms with Crippen molar-refractivity contribution in [2.45, 2.75) is 50.6 Å². The first-order chi connectivity index (χ1) is 15.9. The molecular weight excluding hydrogens is 467 g/mol. The Bertz CT molecular complexity index is 1200.